The molecule has 1 amide bonds. The van der Waals surface area contributed by atoms with Crippen molar-refractivity contribution in [2.24, 2.45) is 0 Å². The van der Waals surface area contributed by atoms with Crippen molar-refractivity contribution in [2.75, 3.05) is 19.3 Å². The summed E-state index contributed by atoms with van der Waals surface area (Å²) in [7, 11) is 0. The summed E-state index contributed by atoms with van der Waals surface area (Å²) < 4.78 is 5.94. The summed E-state index contributed by atoms with van der Waals surface area (Å²) in [4.78, 5) is 14.1. The molecule has 0 aromatic carbocycles. The molecule has 0 saturated carbocycles. The Balaban J connectivity index is 2.07. The zero-order chi connectivity index (χ0) is 12.3. The number of carbonyl (C=O) groups is 1. The molecule has 17 heavy (non-hydrogen) atoms. The number of rotatable bonds is 2. The summed E-state index contributed by atoms with van der Waals surface area (Å²) in [5.41, 5.74) is 0. The molecule has 1 fully saturated rings. The Kier molecular flexibility index (Phi) is 4.56. The van der Waals surface area contributed by atoms with E-state index in [1.165, 1.54) is 12.8 Å². The molecule has 1 unspecified atom stereocenters. The highest BCUT2D eigenvalue weighted by Gasteiger charge is 2.24. The number of furan rings is 1. The van der Waals surface area contributed by atoms with Gasteiger partial charge in [0.05, 0.1) is 0 Å². The fourth-order valence-corrected chi connectivity index (χ4v) is 3.10. The number of likely N-dealkylation sites (tertiary alicyclic amines) is 1. The van der Waals surface area contributed by atoms with Gasteiger partial charge in [0.25, 0.3) is 5.91 Å². The van der Waals surface area contributed by atoms with Crippen LogP contribution in [0.3, 0.4) is 0 Å². The molecular formula is C12H16BrNO2S. The van der Waals surface area contributed by atoms with Crippen LogP contribution < -0.4 is 0 Å². The molecule has 5 heteroatoms. The van der Waals surface area contributed by atoms with Gasteiger partial charge in [-0.15, -0.1) is 0 Å². The van der Waals surface area contributed by atoms with E-state index in [0.717, 1.165) is 19.5 Å². The van der Waals surface area contributed by atoms with Gasteiger partial charge in [-0.3, -0.25) is 4.79 Å². The van der Waals surface area contributed by atoms with Gasteiger partial charge in [0.1, 0.15) is 0 Å². The van der Waals surface area contributed by atoms with E-state index in [-0.39, 0.29) is 5.91 Å². The quantitative estimate of drug-likeness (QED) is 0.838. The molecule has 2 heterocycles. The third kappa shape index (κ3) is 3.28. The van der Waals surface area contributed by atoms with Gasteiger partial charge >= 0.3 is 0 Å². The maximum absolute atomic E-state index is 12.2. The highest BCUT2D eigenvalue weighted by Crippen LogP contribution is 2.22. The Labute approximate surface area is 114 Å². The SMILES string of the molecule is CSC1CCCCN(C(=O)c2ccc(Br)o2)C1. The van der Waals surface area contributed by atoms with Crippen LogP contribution in [0.5, 0.6) is 0 Å². The fraction of sp³-hybridized carbons (Fsp3) is 0.583. The minimum Gasteiger partial charge on any atom is -0.444 e. The van der Waals surface area contributed by atoms with Crippen LogP contribution in [0.15, 0.2) is 21.2 Å². The summed E-state index contributed by atoms with van der Waals surface area (Å²) >= 11 is 5.07. The van der Waals surface area contributed by atoms with Crippen molar-refractivity contribution in [1.82, 2.24) is 4.90 Å². The molecule has 1 atom stereocenters. The molecule has 1 saturated heterocycles. The molecule has 0 bridgehead atoms. The van der Waals surface area contributed by atoms with Crippen molar-refractivity contribution in [1.29, 1.82) is 0 Å². The highest BCUT2D eigenvalue weighted by atomic mass is 79.9. The predicted octanol–water partition coefficient (Wildman–Crippen LogP) is 3.40. The smallest absolute Gasteiger partial charge is 0.289 e. The van der Waals surface area contributed by atoms with Gasteiger partial charge in [0, 0.05) is 18.3 Å². The lowest BCUT2D eigenvalue weighted by molar-refractivity contribution is 0.0730. The number of amides is 1. The van der Waals surface area contributed by atoms with E-state index in [2.05, 4.69) is 22.2 Å². The largest absolute Gasteiger partial charge is 0.444 e. The summed E-state index contributed by atoms with van der Waals surface area (Å²) in [6.07, 6.45) is 5.61. The van der Waals surface area contributed by atoms with Crippen molar-refractivity contribution in [3.8, 4) is 0 Å². The van der Waals surface area contributed by atoms with E-state index in [0.29, 0.717) is 15.7 Å². The zero-order valence-electron chi connectivity index (χ0n) is 9.82. The van der Waals surface area contributed by atoms with Crippen LogP contribution in [-0.2, 0) is 0 Å². The van der Waals surface area contributed by atoms with Crippen LogP contribution in [-0.4, -0.2) is 35.4 Å². The molecule has 3 nitrogen and oxygen atoms in total. The standard InChI is InChI=1S/C12H16BrNO2S/c1-17-9-4-2-3-7-14(8-9)12(15)10-5-6-11(13)16-10/h5-6,9H,2-4,7-8H2,1H3. The molecule has 0 aliphatic carbocycles. The first-order chi connectivity index (χ1) is 8.20. The van der Waals surface area contributed by atoms with Gasteiger partial charge in [-0.25, -0.2) is 0 Å². The third-order valence-corrected chi connectivity index (χ3v) is 4.51. The minimum atomic E-state index is 0.0108. The normalized spacial score (nSPS) is 21.3. The summed E-state index contributed by atoms with van der Waals surface area (Å²) in [6.45, 7) is 1.67. The average Bonchev–Trinajstić information content (AvgIpc) is 2.64. The van der Waals surface area contributed by atoms with Crippen LogP contribution in [0.25, 0.3) is 0 Å². The lowest BCUT2D eigenvalue weighted by Crippen LogP contribution is -2.35. The van der Waals surface area contributed by atoms with Gasteiger partial charge in [0.15, 0.2) is 10.4 Å². The lowest BCUT2D eigenvalue weighted by Gasteiger charge is -2.22. The molecule has 94 valence electrons. The highest BCUT2D eigenvalue weighted by molar-refractivity contribution is 9.10. The molecule has 0 radical (unpaired) electrons. The Morgan fingerprint density at radius 3 is 3.00 bits per heavy atom. The van der Waals surface area contributed by atoms with E-state index in [9.17, 15) is 4.79 Å². The van der Waals surface area contributed by atoms with Gasteiger partial charge < -0.3 is 9.32 Å². The summed E-state index contributed by atoms with van der Waals surface area (Å²) in [6, 6.07) is 3.49. The van der Waals surface area contributed by atoms with Gasteiger partial charge in [0.2, 0.25) is 0 Å². The van der Waals surface area contributed by atoms with Crippen molar-refractivity contribution in [2.45, 2.75) is 24.5 Å². The van der Waals surface area contributed by atoms with E-state index in [4.69, 9.17) is 4.42 Å². The molecule has 1 aliphatic heterocycles. The van der Waals surface area contributed by atoms with Gasteiger partial charge in [-0.05, 0) is 47.2 Å². The number of thioether (sulfide) groups is 1. The predicted molar refractivity (Wildman–Crippen MR) is 73.5 cm³/mol. The molecule has 2 rings (SSSR count). The van der Waals surface area contributed by atoms with Crippen LogP contribution in [0, 0.1) is 0 Å². The first-order valence-electron chi connectivity index (χ1n) is 5.78. The number of halogens is 1. The molecular weight excluding hydrogens is 302 g/mol. The van der Waals surface area contributed by atoms with E-state index in [1.807, 2.05) is 16.7 Å². The first-order valence-corrected chi connectivity index (χ1v) is 7.86. The van der Waals surface area contributed by atoms with E-state index in [1.54, 1.807) is 12.1 Å². The van der Waals surface area contributed by atoms with Crippen LogP contribution in [0.2, 0.25) is 0 Å². The Morgan fingerprint density at radius 1 is 1.53 bits per heavy atom. The van der Waals surface area contributed by atoms with Crippen molar-refractivity contribution >= 4 is 33.6 Å². The Bertz CT molecular complexity index is 394. The maximum atomic E-state index is 12.2. The monoisotopic (exact) mass is 317 g/mol. The van der Waals surface area contributed by atoms with Gasteiger partial charge in [-0.2, -0.15) is 11.8 Å². The molecule has 0 N–H and O–H groups in total. The van der Waals surface area contributed by atoms with Gasteiger partial charge in [-0.1, -0.05) is 6.42 Å². The second-order valence-corrected chi connectivity index (χ2v) is 6.13. The average molecular weight is 318 g/mol. The first kappa shape index (κ1) is 13.0. The van der Waals surface area contributed by atoms with Crippen LogP contribution in [0.4, 0.5) is 0 Å². The number of carbonyl (C=O) groups excluding carboxylic acids is 1. The summed E-state index contributed by atoms with van der Waals surface area (Å²) in [5.74, 6) is 0.440. The molecule has 1 aliphatic rings. The number of hydrogen-bond acceptors (Lipinski definition) is 3. The zero-order valence-corrected chi connectivity index (χ0v) is 12.2. The third-order valence-electron chi connectivity index (χ3n) is 3.03. The second-order valence-electron chi connectivity index (χ2n) is 4.21. The van der Waals surface area contributed by atoms with Crippen molar-refractivity contribution in [3.05, 3.63) is 22.6 Å². The Hall–Kier alpha value is -0.420. The minimum absolute atomic E-state index is 0.0108. The lowest BCUT2D eigenvalue weighted by atomic mass is 10.2. The summed E-state index contributed by atoms with van der Waals surface area (Å²) in [5, 5.41) is 0.555. The van der Waals surface area contributed by atoms with Crippen molar-refractivity contribution < 1.29 is 9.21 Å². The molecule has 0 spiro atoms. The Morgan fingerprint density at radius 2 is 2.35 bits per heavy atom. The fourth-order valence-electron chi connectivity index (χ4n) is 2.06. The number of hydrogen-bond donors (Lipinski definition) is 0. The topological polar surface area (TPSA) is 33.5 Å². The number of nitrogens with zero attached hydrogens (tertiary/aromatic N) is 1. The van der Waals surface area contributed by atoms with Crippen LogP contribution >= 0.6 is 27.7 Å². The molecule has 1 aromatic rings. The maximum Gasteiger partial charge on any atom is 0.289 e. The molecule has 1 aromatic heterocycles. The van der Waals surface area contributed by atoms with Crippen molar-refractivity contribution in [3.63, 3.8) is 0 Å². The van der Waals surface area contributed by atoms with Crippen LogP contribution in [0.1, 0.15) is 29.8 Å². The second kappa shape index (κ2) is 5.96. The van der Waals surface area contributed by atoms with E-state index < -0.39 is 0 Å². The van der Waals surface area contributed by atoms with E-state index >= 15 is 0 Å².